The molecule has 1 N–H and O–H groups in total. The zero-order valence-corrected chi connectivity index (χ0v) is 16.1. The predicted molar refractivity (Wildman–Crippen MR) is 99.7 cm³/mol. The maximum atomic E-state index is 14.4. The Morgan fingerprint density at radius 1 is 1.07 bits per heavy atom. The maximum Gasteiger partial charge on any atom is 0.283 e. The third kappa shape index (κ3) is 3.63. The number of hydrogen-bond acceptors (Lipinski definition) is 3. The quantitative estimate of drug-likeness (QED) is 0.806. The van der Waals surface area contributed by atoms with Crippen LogP contribution in [0.5, 0.6) is 0 Å². The third-order valence-electron chi connectivity index (χ3n) is 5.17. The minimum atomic E-state index is -0.765. The number of carbonyl (C=O) groups excluding carboxylic acids is 3. The van der Waals surface area contributed by atoms with E-state index in [1.54, 1.807) is 0 Å². The van der Waals surface area contributed by atoms with Crippen molar-refractivity contribution >= 4 is 23.4 Å². The van der Waals surface area contributed by atoms with E-state index in [0.29, 0.717) is 18.4 Å². The van der Waals surface area contributed by atoms with Gasteiger partial charge in [0.2, 0.25) is 5.91 Å². The third-order valence-corrected chi connectivity index (χ3v) is 5.17. The molecule has 8 heteroatoms. The molecular formula is C20H23F2N3O3. The molecule has 0 aromatic heterocycles. The van der Waals surface area contributed by atoms with Gasteiger partial charge in [-0.15, -0.1) is 0 Å². The van der Waals surface area contributed by atoms with E-state index in [1.807, 2.05) is 0 Å². The number of rotatable bonds is 3. The molecule has 0 aliphatic carbocycles. The van der Waals surface area contributed by atoms with Crippen LogP contribution in [0.4, 0.5) is 14.5 Å². The van der Waals surface area contributed by atoms with E-state index in [9.17, 15) is 23.2 Å². The van der Waals surface area contributed by atoms with Gasteiger partial charge < -0.3 is 15.1 Å². The van der Waals surface area contributed by atoms with Crippen LogP contribution in [0.1, 0.15) is 44.0 Å². The molecule has 28 heavy (non-hydrogen) atoms. The fourth-order valence-electron chi connectivity index (χ4n) is 3.92. The van der Waals surface area contributed by atoms with Crippen LogP contribution >= 0.6 is 0 Å². The van der Waals surface area contributed by atoms with Gasteiger partial charge in [-0.25, -0.2) is 8.78 Å². The molecule has 0 saturated carbocycles. The van der Waals surface area contributed by atoms with Gasteiger partial charge in [-0.1, -0.05) is 6.07 Å². The second-order valence-corrected chi connectivity index (χ2v) is 7.47. The van der Waals surface area contributed by atoms with Gasteiger partial charge in [-0.2, -0.15) is 0 Å². The molecule has 2 unspecified atom stereocenters. The highest BCUT2D eigenvalue weighted by Crippen LogP contribution is 2.33. The van der Waals surface area contributed by atoms with Gasteiger partial charge in [0.25, 0.3) is 11.8 Å². The Morgan fingerprint density at radius 3 is 2.21 bits per heavy atom. The number of hydrogen-bond donors (Lipinski definition) is 1. The first-order chi connectivity index (χ1) is 13.2. The lowest BCUT2D eigenvalue weighted by Gasteiger charge is -2.41. The number of benzene rings is 1. The van der Waals surface area contributed by atoms with Gasteiger partial charge in [0.05, 0.1) is 23.3 Å². The van der Waals surface area contributed by atoms with Crippen molar-refractivity contribution in [1.82, 2.24) is 9.80 Å². The Bertz CT molecular complexity index is 850. The molecule has 0 radical (unpaired) electrons. The number of allylic oxidation sites excluding steroid dienone is 1. The predicted octanol–water partition coefficient (Wildman–Crippen LogP) is 2.86. The van der Waals surface area contributed by atoms with Gasteiger partial charge in [-0.3, -0.25) is 14.4 Å². The van der Waals surface area contributed by atoms with Crippen molar-refractivity contribution in [2.75, 3.05) is 18.4 Å². The van der Waals surface area contributed by atoms with E-state index in [0.717, 1.165) is 6.07 Å². The van der Waals surface area contributed by atoms with Crippen molar-refractivity contribution in [3.05, 3.63) is 41.0 Å². The number of anilines is 1. The van der Waals surface area contributed by atoms with Crippen molar-refractivity contribution in [2.45, 2.75) is 45.7 Å². The summed E-state index contributed by atoms with van der Waals surface area (Å²) in [7, 11) is 0. The molecule has 150 valence electrons. The highest BCUT2D eigenvalue weighted by atomic mass is 19.1. The molecule has 3 rings (SSSR count). The molecule has 2 fully saturated rings. The molecule has 6 nitrogen and oxygen atoms in total. The summed E-state index contributed by atoms with van der Waals surface area (Å²) >= 11 is 0. The average molecular weight is 391 g/mol. The Labute approximate surface area is 162 Å². The number of likely N-dealkylation sites (tertiary alicyclic amines) is 1. The highest BCUT2D eigenvalue weighted by molar-refractivity contribution is 6.03. The van der Waals surface area contributed by atoms with Gasteiger partial charge in [-0.05, 0) is 44.4 Å². The van der Waals surface area contributed by atoms with Crippen molar-refractivity contribution in [1.29, 1.82) is 0 Å². The summed E-state index contributed by atoms with van der Waals surface area (Å²) < 4.78 is 28.5. The van der Waals surface area contributed by atoms with Crippen molar-refractivity contribution in [3.63, 3.8) is 0 Å². The zero-order chi connectivity index (χ0) is 20.6. The minimum Gasteiger partial charge on any atom is -0.334 e. The van der Waals surface area contributed by atoms with Crippen LogP contribution in [0.25, 0.3) is 0 Å². The lowest BCUT2D eigenvalue weighted by molar-refractivity contribution is -0.134. The highest BCUT2D eigenvalue weighted by Gasteiger charge is 2.45. The Hall–Kier alpha value is -2.77. The number of fused-ring (bicyclic) bond motifs is 2. The molecule has 2 heterocycles. The van der Waals surface area contributed by atoms with Crippen LogP contribution in [0.15, 0.2) is 29.6 Å². The lowest BCUT2D eigenvalue weighted by atomic mass is 10.1. The first kappa shape index (κ1) is 20.0. The van der Waals surface area contributed by atoms with E-state index in [1.165, 1.54) is 42.7 Å². The molecule has 0 spiro atoms. The second kappa shape index (κ2) is 7.69. The van der Waals surface area contributed by atoms with Crippen molar-refractivity contribution < 1.29 is 23.2 Å². The van der Waals surface area contributed by atoms with E-state index < -0.39 is 29.4 Å². The zero-order valence-electron chi connectivity index (χ0n) is 16.1. The number of amides is 3. The summed E-state index contributed by atoms with van der Waals surface area (Å²) in [4.78, 5) is 39.8. The molecular weight excluding hydrogens is 368 g/mol. The van der Waals surface area contributed by atoms with Crippen LogP contribution in [-0.4, -0.2) is 52.7 Å². The molecule has 2 bridgehead atoms. The minimum absolute atomic E-state index is 0.110. The average Bonchev–Trinajstić information content (AvgIpc) is 2.89. The summed E-state index contributed by atoms with van der Waals surface area (Å²) in [5.41, 5.74) is 0.223. The Morgan fingerprint density at radius 2 is 1.68 bits per heavy atom. The van der Waals surface area contributed by atoms with Crippen LogP contribution in [0.3, 0.4) is 0 Å². The van der Waals surface area contributed by atoms with E-state index in [-0.39, 0.29) is 36.4 Å². The Balaban J connectivity index is 1.84. The van der Waals surface area contributed by atoms with Crippen LogP contribution in [-0.2, 0) is 9.59 Å². The first-order valence-electron chi connectivity index (χ1n) is 9.21. The maximum absolute atomic E-state index is 14.4. The molecule has 2 aliphatic rings. The summed E-state index contributed by atoms with van der Waals surface area (Å²) in [6.45, 7) is 4.75. The normalized spacial score (nSPS) is 20.8. The SMILES string of the molecule is CC(=O)Nc1cccc(F)c1C(=O)N1CC2CCC(C1)N2C(=O)C(F)=C(C)C. The second-order valence-electron chi connectivity index (χ2n) is 7.47. The van der Waals surface area contributed by atoms with Gasteiger partial charge >= 0.3 is 0 Å². The molecule has 2 saturated heterocycles. The van der Waals surface area contributed by atoms with E-state index in [4.69, 9.17) is 0 Å². The molecule has 3 amide bonds. The number of carbonyl (C=O) groups is 3. The van der Waals surface area contributed by atoms with Gasteiger partial charge in [0.1, 0.15) is 5.82 Å². The number of piperazine rings is 1. The van der Waals surface area contributed by atoms with Crippen LogP contribution < -0.4 is 5.32 Å². The molecule has 1 aromatic carbocycles. The summed E-state index contributed by atoms with van der Waals surface area (Å²) in [6.07, 6.45) is 1.32. The molecule has 2 atom stereocenters. The van der Waals surface area contributed by atoms with Crippen molar-refractivity contribution in [3.8, 4) is 0 Å². The van der Waals surface area contributed by atoms with E-state index in [2.05, 4.69) is 5.32 Å². The number of nitrogens with one attached hydrogen (secondary N) is 1. The number of halogens is 2. The number of nitrogens with zero attached hydrogens (tertiary/aromatic N) is 2. The van der Waals surface area contributed by atoms with E-state index >= 15 is 0 Å². The molecule has 2 aliphatic heterocycles. The summed E-state index contributed by atoms with van der Waals surface area (Å²) in [5.74, 6) is -3.10. The smallest absolute Gasteiger partial charge is 0.283 e. The first-order valence-corrected chi connectivity index (χ1v) is 9.21. The largest absolute Gasteiger partial charge is 0.334 e. The fraction of sp³-hybridized carbons (Fsp3) is 0.450. The van der Waals surface area contributed by atoms with Crippen LogP contribution in [0, 0.1) is 5.82 Å². The Kier molecular flexibility index (Phi) is 5.49. The fourth-order valence-corrected chi connectivity index (χ4v) is 3.92. The standard InChI is InChI=1S/C20H23F2N3O3/c1-11(2)18(22)20(28)25-13-7-8-14(25)10-24(9-13)19(27)17-15(21)5-4-6-16(17)23-12(3)26/h4-6,13-14H,7-10H2,1-3H3,(H,23,26). The summed E-state index contributed by atoms with van der Waals surface area (Å²) in [5, 5.41) is 2.48. The molecule has 1 aromatic rings. The van der Waals surface area contributed by atoms with Gasteiger partial charge in [0, 0.05) is 20.0 Å². The van der Waals surface area contributed by atoms with Crippen LogP contribution in [0.2, 0.25) is 0 Å². The topological polar surface area (TPSA) is 69.7 Å². The van der Waals surface area contributed by atoms with Gasteiger partial charge in [0.15, 0.2) is 5.83 Å². The lowest BCUT2D eigenvalue weighted by Crippen LogP contribution is -2.57. The van der Waals surface area contributed by atoms with Crippen molar-refractivity contribution in [2.24, 2.45) is 0 Å². The monoisotopic (exact) mass is 391 g/mol. The summed E-state index contributed by atoms with van der Waals surface area (Å²) in [6, 6.07) is 3.43.